The fourth-order valence-electron chi connectivity index (χ4n) is 17.8. The van der Waals surface area contributed by atoms with Crippen LogP contribution in [0.4, 0.5) is 68.2 Å². The normalized spacial score (nSPS) is 11.5. The molecule has 0 aliphatic rings. The molecule has 530 valence electrons. The summed E-state index contributed by atoms with van der Waals surface area (Å²) < 4.78 is 0. The molecule has 0 atom stereocenters. The predicted octanol–water partition coefficient (Wildman–Crippen LogP) is 30.1. The van der Waals surface area contributed by atoms with Gasteiger partial charge in [-0.3, -0.25) is 0 Å². The summed E-state index contributed by atoms with van der Waals surface area (Å²) in [5.74, 6) is 0. The highest BCUT2D eigenvalue weighted by atomic mass is 15.2. The monoisotopic (exact) mass is 1400 g/mol. The van der Waals surface area contributed by atoms with Crippen molar-refractivity contribution in [2.24, 2.45) is 0 Å². The van der Waals surface area contributed by atoms with Crippen LogP contribution < -0.4 is 19.6 Å². The van der Waals surface area contributed by atoms with Gasteiger partial charge in [-0.25, -0.2) is 0 Å². The second kappa shape index (κ2) is 28.2. The topological polar surface area (TPSA) is 13.0 Å². The molecule has 108 heavy (non-hydrogen) atoms. The zero-order valence-corrected chi connectivity index (χ0v) is 65.3. The van der Waals surface area contributed by atoms with Gasteiger partial charge in [0, 0.05) is 77.8 Å². The first-order valence-electron chi connectivity index (χ1n) is 38.1. The molecule has 4 nitrogen and oxygen atoms in total. The van der Waals surface area contributed by atoms with Crippen molar-refractivity contribution in [1.29, 1.82) is 0 Å². The van der Waals surface area contributed by atoms with Crippen molar-refractivity contribution in [1.82, 2.24) is 0 Å². The summed E-state index contributed by atoms with van der Waals surface area (Å²) in [5, 5.41) is 6.82. The number of hydrogen-bond acceptors (Lipinski definition) is 4. The van der Waals surface area contributed by atoms with Crippen LogP contribution >= 0.6 is 0 Å². The Kier molecular flexibility index (Phi) is 18.3. The number of nitrogens with zero attached hydrogens (tertiary/aromatic N) is 4. The van der Waals surface area contributed by atoms with Crippen molar-refractivity contribution in [2.75, 3.05) is 19.6 Å². The molecule has 0 radical (unpaired) electrons. The second-order valence-corrected chi connectivity index (χ2v) is 30.9. The van der Waals surface area contributed by atoms with E-state index < -0.39 is 0 Å². The third-order valence-corrected chi connectivity index (χ3v) is 22.3. The van der Waals surface area contributed by atoms with Crippen LogP contribution in [0.25, 0.3) is 76.8 Å². The molecule has 0 unspecified atom stereocenters. The lowest BCUT2D eigenvalue weighted by Gasteiger charge is -2.34. The Balaban J connectivity index is 1.05. The number of benzene rings is 16. The summed E-state index contributed by atoms with van der Waals surface area (Å²) in [6, 6.07) is 107. The van der Waals surface area contributed by atoms with Crippen molar-refractivity contribution in [3.63, 3.8) is 0 Å². The van der Waals surface area contributed by atoms with Crippen LogP contribution in [0.2, 0.25) is 0 Å². The smallest absolute Gasteiger partial charge is 0.0561 e. The fourth-order valence-corrected chi connectivity index (χ4v) is 17.8. The third kappa shape index (κ3) is 12.9. The average Bonchev–Trinajstić information content (AvgIpc) is 0.699. The van der Waals surface area contributed by atoms with Gasteiger partial charge in [0.2, 0.25) is 0 Å². The van der Waals surface area contributed by atoms with Gasteiger partial charge in [0.05, 0.1) is 22.7 Å². The summed E-state index contributed by atoms with van der Waals surface area (Å²) in [4.78, 5) is 10.1. The van der Waals surface area contributed by atoms with E-state index in [0.29, 0.717) is 0 Å². The Morgan fingerprint density at radius 1 is 0.148 bits per heavy atom. The van der Waals surface area contributed by atoms with Gasteiger partial charge in [-0.15, -0.1) is 0 Å². The van der Waals surface area contributed by atoms with Crippen LogP contribution in [0.3, 0.4) is 0 Å². The summed E-state index contributed by atoms with van der Waals surface area (Å²) in [6.07, 6.45) is 0. The number of aryl methyl sites for hydroxylation is 16. The van der Waals surface area contributed by atoms with Crippen molar-refractivity contribution in [3.05, 3.63) is 368 Å². The molecule has 16 rings (SSSR count). The van der Waals surface area contributed by atoms with Gasteiger partial charge in [-0.05, 0) is 309 Å². The largest absolute Gasteiger partial charge is 0.310 e. The fraction of sp³-hybridized carbons (Fsp3) is 0.154. The molecule has 0 heterocycles. The zero-order valence-electron chi connectivity index (χ0n) is 65.3. The lowest BCUT2D eigenvalue weighted by molar-refractivity contribution is 1.26. The molecule has 0 fully saturated rings. The molecule has 0 bridgehead atoms. The average molecular weight is 1400 g/mol. The lowest BCUT2D eigenvalue weighted by atomic mass is 9.88. The Bertz CT molecular complexity index is 5260. The van der Waals surface area contributed by atoms with Gasteiger partial charge in [0.1, 0.15) is 0 Å². The van der Waals surface area contributed by atoms with Crippen LogP contribution in [0.15, 0.2) is 279 Å². The molecule has 0 spiro atoms. The van der Waals surface area contributed by atoms with Gasteiger partial charge < -0.3 is 19.6 Å². The van der Waals surface area contributed by atoms with Crippen molar-refractivity contribution < 1.29 is 0 Å². The summed E-state index contributed by atoms with van der Waals surface area (Å²) in [6.45, 7) is 35.5. The minimum absolute atomic E-state index is 1.05. The van der Waals surface area contributed by atoms with E-state index in [9.17, 15) is 0 Å². The first-order chi connectivity index (χ1) is 52.1. The number of hydrogen-bond donors (Lipinski definition) is 0. The van der Waals surface area contributed by atoms with E-state index in [4.69, 9.17) is 0 Å². The second-order valence-electron chi connectivity index (χ2n) is 30.9. The predicted molar refractivity (Wildman–Crippen MR) is 466 cm³/mol. The molecular formula is C104H94N4. The van der Waals surface area contributed by atoms with Gasteiger partial charge in [-0.2, -0.15) is 0 Å². The maximum atomic E-state index is 2.52. The molecule has 4 heteroatoms. The Hall–Kier alpha value is -12.2. The minimum atomic E-state index is 1.05. The zero-order chi connectivity index (χ0) is 75.1. The van der Waals surface area contributed by atoms with Gasteiger partial charge in [-0.1, -0.05) is 214 Å². The first kappa shape index (κ1) is 70.1. The highest BCUT2D eigenvalue weighted by Crippen LogP contribution is 2.56. The van der Waals surface area contributed by atoms with Crippen LogP contribution in [-0.4, -0.2) is 0 Å². The molecule has 16 aromatic rings. The van der Waals surface area contributed by atoms with Crippen molar-refractivity contribution in [2.45, 2.75) is 111 Å². The standard InChI is InChI=1S/C104H94N4/c1-63-17-33-83(34-18-63)105(87-41-25-79(26-42-87)99-71(9)53-67(5)54-72(99)10)95-61-96(106(84-35-19-64(2)20-36-84)88-43-27-80(28-44-88)100-73(11)55-68(6)56-74(100)12)92-51-52-94-98(108(86-39-23-66(4)24-40-86)90-47-31-82(32-48-90)102-77(15)59-70(8)60-78(102)16)62-97(93-50-49-91(95)103(92)104(93)94)107(85-37-21-65(3)22-38-85)89-45-29-81(30-46-89)101-75(13)57-69(7)58-76(101)14/h17-62H,1-16H3. The van der Waals surface area contributed by atoms with E-state index in [1.54, 1.807) is 0 Å². The third-order valence-electron chi connectivity index (χ3n) is 22.3. The van der Waals surface area contributed by atoms with Gasteiger partial charge >= 0.3 is 0 Å². The SMILES string of the molecule is Cc1ccc(N(c2ccc(-c3c(C)cc(C)cc3C)cc2)c2cc(N(c3ccc(C)cc3)c3ccc(-c4c(C)cc(C)cc4C)cc3)c3ccc4c(N(c5ccc(C)cc5)c5ccc(-c6c(C)cc(C)cc6C)cc5)cc(N(c5ccc(C)cc5)c5ccc(-c6c(C)cc(C)cc6C)cc5)c5ccc2c3c54)cc1. The Morgan fingerprint density at radius 3 is 0.454 bits per heavy atom. The maximum absolute atomic E-state index is 2.52. The molecule has 0 saturated heterocycles. The van der Waals surface area contributed by atoms with E-state index in [1.807, 2.05) is 0 Å². The van der Waals surface area contributed by atoms with Crippen LogP contribution in [-0.2, 0) is 0 Å². The lowest BCUT2D eigenvalue weighted by Crippen LogP contribution is -2.16. The summed E-state index contributed by atoms with van der Waals surface area (Å²) in [7, 11) is 0. The molecule has 0 N–H and O–H groups in total. The van der Waals surface area contributed by atoms with E-state index in [1.165, 1.54) is 134 Å². The van der Waals surface area contributed by atoms with Gasteiger partial charge in [0.25, 0.3) is 0 Å². The van der Waals surface area contributed by atoms with E-state index in [0.717, 1.165) is 101 Å². The van der Waals surface area contributed by atoms with Crippen molar-refractivity contribution >= 4 is 101 Å². The molecule has 0 aromatic heterocycles. The van der Waals surface area contributed by atoms with E-state index >= 15 is 0 Å². The quantitative estimate of drug-likeness (QED) is 0.0894. The molecule has 0 aliphatic heterocycles. The Labute approximate surface area is 639 Å². The summed E-state index contributed by atoms with van der Waals surface area (Å²) in [5.41, 5.74) is 42.6. The molecule has 16 aromatic carbocycles. The minimum Gasteiger partial charge on any atom is -0.310 e. The van der Waals surface area contributed by atoms with Gasteiger partial charge in [0.15, 0.2) is 0 Å². The molecule has 0 amide bonds. The number of rotatable bonds is 16. The maximum Gasteiger partial charge on any atom is 0.0561 e. The van der Waals surface area contributed by atoms with Crippen LogP contribution in [0.1, 0.15) is 89.0 Å². The van der Waals surface area contributed by atoms with Crippen LogP contribution in [0.5, 0.6) is 0 Å². The van der Waals surface area contributed by atoms with Crippen molar-refractivity contribution in [3.8, 4) is 44.5 Å². The first-order valence-corrected chi connectivity index (χ1v) is 38.1. The molecule has 0 aliphatic carbocycles. The highest BCUT2D eigenvalue weighted by molar-refractivity contribution is 6.33. The highest BCUT2D eigenvalue weighted by Gasteiger charge is 2.30. The van der Waals surface area contributed by atoms with Crippen LogP contribution in [0, 0.1) is 111 Å². The Morgan fingerprint density at radius 2 is 0.296 bits per heavy atom. The molecule has 0 saturated carbocycles. The van der Waals surface area contributed by atoms with E-state index in [2.05, 4.69) is 409 Å². The number of anilines is 12. The summed E-state index contributed by atoms with van der Waals surface area (Å²) >= 11 is 0. The molecular weight excluding hydrogens is 1310 g/mol. The van der Waals surface area contributed by atoms with E-state index in [-0.39, 0.29) is 0 Å².